The van der Waals surface area contributed by atoms with E-state index in [4.69, 9.17) is 14.9 Å². The molecule has 0 aromatic rings. The third kappa shape index (κ3) is 3.50. The fraction of sp³-hybridized carbons (Fsp3) is 0. The summed E-state index contributed by atoms with van der Waals surface area (Å²) in [4.78, 5) is 19.1. The van der Waals surface area contributed by atoms with Gasteiger partial charge < -0.3 is 0 Å². The van der Waals surface area contributed by atoms with Crippen LogP contribution in [0.1, 0.15) is 0 Å². The van der Waals surface area contributed by atoms with E-state index in [0.717, 1.165) is 4.79 Å². The zero-order chi connectivity index (χ0) is 4.99. The Kier molecular flexibility index (Phi) is 2.49. The molecule has 0 amide bonds. The van der Waals surface area contributed by atoms with Crippen LogP contribution in [0.3, 0.4) is 0 Å². The molecule has 4 nitrogen and oxygen atoms in total. The summed E-state index contributed by atoms with van der Waals surface area (Å²) in [5.74, 6) is 0. The average molecular weight is 138 g/mol. The number of hydrogen-bond acceptors (Lipinski definition) is 3. The van der Waals surface area contributed by atoms with Crippen molar-refractivity contribution in [1.29, 1.82) is 0 Å². The molecule has 0 bridgehead atoms. The molecule has 0 aromatic heterocycles. The van der Waals surface area contributed by atoms with Crippen molar-refractivity contribution in [2.45, 2.75) is 0 Å². The van der Waals surface area contributed by atoms with Crippen molar-refractivity contribution in [1.82, 2.24) is 0 Å². The molecule has 0 atom stereocenters. The number of hydrogen-bond donors (Lipinski definition) is 0. The standard InChI is InChI=1S/CO.Cu.NO2/c1-2;;2-1-3. The molecule has 0 spiro atoms. The van der Waals surface area contributed by atoms with Gasteiger partial charge in [-0.25, -0.2) is 0 Å². The Morgan fingerprint density at radius 3 is 2.33 bits per heavy atom. The molecule has 0 fully saturated rings. The van der Waals surface area contributed by atoms with Gasteiger partial charge in [-0.15, -0.1) is 0 Å². The van der Waals surface area contributed by atoms with Crippen LogP contribution in [0.15, 0.2) is 0 Å². The Bertz CT molecular complexity index is 103. The zero-order valence-electron chi connectivity index (χ0n) is 2.47. The van der Waals surface area contributed by atoms with Gasteiger partial charge in [0, 0.05) is 0 Å². The summed E-state index contributed by atoms with van der Waals surface area (Å²) in [5, 5.41) is 9.10. The maximum absolute atomic E-state index is 9.10. The second-order valence-electron chi connectivity index (χ2n) is 0.314. The molecule has 0 heterocycles. The summed E-state index contributed by atoms with van der Waals surface area (Å²) in [7, 11) is 0. The number of rotatable bonds is 1. The molecule has 0 N–H and O–H groups in total. The molecule has 0 saturated carbocycles. The van der Waals surface area contributed by atoms with Crippen LogP contribution < -0.4 is 0 Å². The third-order valence-corrected chi connectivity index (χ3v) is 0.340. The molecular formula is CCuNO3. The molecule has 0 radical (unpaired) electrons. The SMILES string of the molecule is O=[C]=[Cu][N+](=O)[O-]. The molecule has 38 valence electrons. The zero-order valence-corrected chi connectivity index (χ0v) is 3.42. The predicted octanol–water partition coefficient (Wildman–Crippen LogP) is -0.672. The second-order valence-corrected chi connectivity index (χ2v) is 1.06. The minimum absolute atomic E-state index is 0.0208. The normalized spacial score (nSPS) is 7.33. The van der Waals surface area contributed by atoms with Crippen molar-refractivity contribution in [2.75, 3.05) is 0 Å². The van der Waals surface area contributed by atoms with Crippen molar-refractivity contribution in [3.8, 4) is 0 Å². The topological polar surface area (TPSA) is 60.2 Å². The summed E-state index contributed by atoms with van der Waals surface area (Å²) in [6, 6.07) is 0. The summed E-state index contributed by atoms with van der Waals surface area (Å²) < 4.78 is -0.837. The molecule has 0 saturated heterocycles. The number of carbonyl (C=O) groups excluding carboxylic acids is 1. The van der Waals surface area contributed by atoms with Gasteiger partial charge in [-0.3, -0.25) is 0 Å². The first kappa shape index (κ1) is 5.50. The summed E-state index contributed by atoms with van der Waals surface area (Å²) in [5.41, 5.74) is 0. The van der Waals surface area contributed by atoms with E-state index in [2.05, 4.69) is 0 Å². The van der Waals surface area contributed by atoms with Gasteiger partial charge in [-0.1, -0.05) is 0 Å². The van der Waals surface area contributed by atoms with Gasteiger partial charge in [0.25, 0.3) is 0 Å². The van der Waals surface area contributed by atoms with Gasteiger partial charge in [0.15, 0.2) is 0 Å². The molecule has 0 aliphatic heterocycles. The molecule has 0 aromatic carbocycles. The van der Waals surface area contributed by atoms with E-state index in [1.54, 1.807) is 0 Å². The first-order chi connectivity index (χ1) is 2.77. The molecule has 5 heteroatoms. The van der Waals surface area contributed by atoms with Gasteiger partial charge in [0.2, 0.25) is 0 Å². The van der Waals surface area contributed by atoms with E-state index in [-0.39, 0.29) is 14.7 Å². The van der Waals surface area contributed by atoms with Crippen molar-refractivity contribution in [3.63, 3.8) is 0 Å². The van der Waals surface area contributed by atoms with Crippen LogP contribution in [-0.4, -0.2) is 8.73 Å². The first-order valence-corrected chi connectivity index (χ1v) is 1.75. The van der Waals surface area contributed by atoms with Gasteiger partial charge >= 0.3 is 38.4 Å². The van der Waals surface area contributed by atoms with Crippen LogP contribution in [0, 0.1) is 10.1 Å². The Balaban J connectivity index is 3.60. The molecule has 0 aliphatic rings. The number of nitrogens with zero attached hydrogens (tertiary/aromatic N) is 1. The van der Waals surface area contributed by atoms with E-state index in [1.807, 2.05) is 0 Å². The molecule has 0 rings (SSSR count). The number of nitro groups is 1. The van der Waals surface area contributed by atoms with Crippen molar-refractivity contribution in [2.24, 2.45) is 0 Å². The Morgan fingerprint density at radius 1 is 1.83 bits per heavy atom. The van der Waals surface area contributed by atoms with Gasteiger partial charge in [0.05, 0.1) is 0 Å². The molecule has 0 aliphatic carbocycles. The van der Waals surface area contributed by atoms with Crippen LogP contribution in [0.5, 0.6) is 0 Å². The summed E-state index contributed by atoms with van der Waals surface area (Å²) >= 11 is -0.0208. The summed E-state index contributed by atoms with van der Waals surface area (Å²) in [6.07, 6.45) is 0. The molecule has 0 unspecified atom stereocenters. The minimum atomic E-state index is -0.837. The predicted molar refractivity (Wildman–Crippen MR) is 12.7 cm³/mol. The first-order valence-electron chi connectivity index (χ1n) is 0.855. The van der Waals surface area contributed by atoms with E-state index >= 15 is 0 Å². The third-order valence-electron chi connectivity index (χ3n) is 0.0826. The van der Waals surface area contributed by atoms with Gasteiger partial charge in [-0.2, -0.15) is 0 Å². The Morgan fingerprint density at radius 2 is 2.33 bits per heavy atom. The van der Waals surface area contributed by atoms with E-state index in [1.165, 1.54) is 0 Å². The van der Waals surface area contributed by atoms with Gasteiger partial charge in [-0.05, 0) is 0 Å². The second kappa shape index (κ2) is 2.72. The maximum atomic E-state index is 9.10. The summed E-state index contributed by atoms with van der Waals surface area (Å²) in [6.45, 7) is 0. The Labute approximate surface area is 39.2 Å². The monoisotopic (exact) mass is 137 g/mol. The van der Waals surface area contributed by atoms with E-state index in [0.29, 0.717) is 0 Å². The van der Waals surface area contributed by atoms with E-state index in [9.17, 15) is 0 Å². The van der Waals surface area contributed by atoms with Crippen LogP contribution in [0.25, 0.3) is 0 Å². The van der Waals surface area contributed by atoms with Crippen LogP contribution in [0.2, 0.25) is 0 Å². The fourth-order valence-electron chi connectivity index (χ4n) is 0.0225. The molecular weight excluding hydrogens is 138 g/mol. The Hall–Kier alpha value is -0.501. The average Bonchev–Trinajstić information content (AvgIpc) is 1.35. The van der Waals surface area contributed by atoms with Crippen LogP contribution >= 0.6 is 0 Å². The van der Waals surface area contributed by atoms with Crippen molar-refractivity contribution >= 4 is 4.79 Å². The van der Waals surface area contributed by atoms with Crippen LogP contribution in [0.4, 0.5) is 0 Å². The van der Waals surface area contributed by atoms with E-state index < -0.39 is 3.94 Å². The molecule has 6 heavy (non-hydrogen) atoms. The van der Waals surface area contributed by atoms with Crippen LogP contribution in [-0.2, 0) is 19.5 Å². The van der Waals surface area contributed by atoms with Crippen molar-refractivity contribution in [3.05, 3.63) is 10.1 Å². The fourth-order valence-corrected chi connectivity index (χ4v) is 0.0927. The van der Waals surface area contributed by atoms with Gasteiger partial charge in [0.1, 0.15) is 0 Å². The van der Waals surface area contributed by atoms with Crippen molar-refractivity contribution < 1.29 is 23.5 Å². The quantitative estimate of drug-likeness (QED) is 0.274.